The highest BCUT2D eigenvalue weighted by atomic mass is 32.2. The highest BCUT2D eigenvalue weighted by molar-refractivity contribution is 7.99. The third kappa shape index (κ3) is 3.92. The lowest BCUT2D eigenvalue weighted by molar-refractivity contribution is -0.138. The molecule has 1 N–H and O–H groups in total. The molecule has 1 saturated heterocycles. The van der Waals surface area contributed by atoms with Gasteiger partial charge < -0.3 is 10.0 Å². The average Bonchev–Trinajstić information content (AvgIpc) is 2.83. The van der Waals surface area contributed by atoms with Crippen molar-refractivity contribution in [2.45, 2.75) is 31.5 Å². The third-order valence-electron chi connectivity index (χ3n) is 3.25. The zero-order valence-electron chi connectivity index (χ0n) is 11.2. The Balaban J connectivity index is 1.84. The number of carbonyl (C=O) groups excluding carboxylic acids is 1. The summed E-state index contributed by atoms with van der Waals surface area (Å²) in [5.41, 5.74) is 0. The summed E-state index contributed by atoms with van der Waals surface area (Å²) in [5, 5.41) is 19.8. The van der Waals surface area contributed by atoms with E-state index in [0.29, 0.717) is 11.1 Å². The molecule has 110 valence electrons. The first-order valence-electron chi connectivity index (χ1n) is 6.45. The number of hydrogen-bond acceptors (Lipinski definition) is 6. The number of carboxylic acids is 1. The van der Waals surface area contributed by atoms with E-state index in [1.165, 1.54) is 16.4 Å². The van der Waals surface area contributed by atoms with Gasteiger partial charge in [-0.1, -0.05) is 18.7 Å². The van der Waals surface area contributed by atoms with E-state index in [1.807, 2.05) is 4.90 Å². The maximum absolute atomic E-state index is 12.0. The number of nitrogens with zero attached hydrogens (tertiary/aromatic N) is 5. The van der Waals surface area contributed by atoms with Crippen molar-refractivity contribution in [3.8, 4) is 0 Å². The molecule has 0 aromatic carbocycles. The number of tetrazole rings is 1. The predicted molar refractivity (Wildman–Crippen MR) is 71.2 cm³/mol. The third-order valence-corrected chi connectivity index (χ3v) is 4.19. The largest absolute Gasteiger partial charge is 0.480 e. The Morgan fingerprint density at radius 1 is 1.40 bits per heavy atom. The summed E-state index contributed by atoms with van der Waals surface area (Å²) in [6.45, 7) is 3.47. The number of carbonyl (C=O) groups is 2. The molecule has 0 aliphatic carbocycles. The van der Waals surface area contributed by atoms with Crippen molar-refractivity contribution in [3.05, 3.63) is 0 Å². The van der Waals surface area contributed by atoms with E-state index < -0.39 is 5.97 Å². The fraction of sp³-hybridized carbons (Fsp3) is 0.727. The van der Waals surface area contributed by atoms with E-state index in [9.17, 15) is 9.59 Å². The number of aromatic nitrogens is 4. The molecule has 1 fully saturated rings. The Kier molecular flexibility index (Phi) is 4.94. The van der Waals surface area contributed by atoms with E-state index >= 15 is 0 Å². The van der Waals surface area contributed by atoms with Crippen LogP contribution < -0.4 is 0 Å². The lowest BCUT2D eigenvalue weighted by Gasteiger charge is -2.30. The number of carboxylic acid groups (broad SMARTS) is 1. The van der Waals surface area contributed by atoms with E-state index in [-0.39, 0.29) is 18.2 Å². The van der Waals surface area contributed by atoms with Gasteiger partial charge >= 0.3 is 5.97 Å². The van der Waals surface area contributed by atoms with Crippen LogP contribution in [0.4, 0.5) is 0 Å². The van der Waals surface area contributed by atoms with Gasteiger partial charge in [0.2, 0.25) is 11.1 Å². The number of rotatable bonds is 5. The quantitative estimate of drug-likeness (QED) is 0.770. The van der Waals surface area contributed by atoms with Gasteiger partial charge in [-0.15, -0.1) is 5.10 Å². The molecule has 1 amide bonds. The second-order valence-corrected chi connectivity index (χ2v) is 5.81. The van der Waals surface area contributed by atoms with Gasteiger partial charge in [-0.3, -0.25) is 9.59 Å². The van der Waals surface area contributed by atoms with Gasteiger partial charge in [-0.25, -0.2) is 4.68 Å². The van der Waals surface area contributed by atoms with E-state index in [2.05, 4.69) is 22.4 Å². The van der Waals surface area contributed by atoms with Gasteiger partial charge in [0.15, 0.2) is 0 Å². The monoisotopic (exact) mass is 299 g/mol. The fourth-order valence-electron chi connectivity index (χ4n) is 2.00. The Morgan fingerprint density at radius 3 is 2.75 bits per heavy atom. The van der Waals surface area contributed by atoms with Gasteiger partial charge in [-0.05, 0) is 29.2 Å². The summed E-state index contributed by atoms with van der Waals surface area (Å²) in [6, 6.07) is 0. The Hall–Kier alpha value is -1.64. The van der Waals surface area contributed by atoms with Crippen molar-refractivity contribution in [2.24, 2.45) is 5.92 Å². The van der Waals surface area contributed by atoms with Crippen LogP contribution in [-0.2, 0) is 16.1 Å². The van der Waals surface area contributed by atoms with Crippen molar-refractivity contribution >= 4 is 23.6 Å². The number of aliphatic carboxylic acids is 1. The second kappa shape index (κ2) is 6.69. The molecule has 9 heteroatoms. The number of likely N-dealkylation sites (tertiary alicyclic amines) is 1. The minimum atomic E-state index is -1.02. The van der Waals surface area contributed by atoms with Gasteiger partial charge in [0, 0.05) is 13.1 Å². The van der Waals surface area contributed by atoms with Crippen molar-refractivity contribution < 1.29 is 14.7 Å². The van der Waals surface area contributed by atoms with Gasteiger partial charge in [0.05, 0.1) is 5.75 Å². The zero-order valence-corrected chi connectivity index (χ0v) is 12.0. The van der Waals surface area contributed by atoms with E-state index in [4.69, 9.17) is 5.11 Å². The number of amides is 1. The number of hydrogen-bond donors (Lipinski definition) is 1. The van der Waals surface area contributed by atoms with E-state index in [1.54, 1.807) is 0 Å². The molecular weight excluding hydrogens is 282 g/mol. The van der Waals surface area contributed by atoms with E-state index in [0.717, 1.165) is 25.9 Å². The molecule has 0 spiro atoms. The standard InChI is InChI=1S/C11H17N5O3S/c1-8-2-4-15(5-3-8)9(17)7-20-11-12-13-14-16(11)6-10(18)19/h8H,2-7H2,1H3,(H,18,19). The maximum atomic E-state index is 12.0. The first-order valence-corrected chi connectivity index (χ1v) is 7.43. The molecule has 20 heavy (non-hydrogen) atoms. The maximum Gasteiger partial charge on any atom is 0.325 e. The SMILES string of the molecule is CC1CCN(C(=O)CSc2nnnn2CC(=O)O)CC1. The normalized spacial score (nSPS) is 16.4. The van der Waals surface area contributed by atoms with Gasteiger partial charge in [-0.2, -0.15) is 0 Å². The van der Waals surface area contributed by atoms with Crippen molar-refractivity contribution in [2.75, 3.05) is 18.8 Å². The minimum absolute atomic E-state index is 0.0479. The Labute approximate surface area is 120 Å². The molecule has 0 saturated carbocycles. The van der Waals surface area contributed by atoms with Crippen LogP contribution in [0.5, 0.6) is 0 Å². The molecule has 1 aromatic rings. The average molecular weight is 299 g/mol. The Bertz CT molecular complexity index is 484. The molecule has 0 bridgehead atoms. The molecule has 0 atom stereocenters. The number of piperidine rings is 1. The smallest absolute Gasteiger partial charge is 0.325 e. The lowest BCUT2D eigenvalue weighted by Crippen LogP contribution is -2.38. The molecule has 0 unspecified atom stereocenters. The molecule has 1 aliphatic heterocycles. The van der Waals surface area contributed by atoms with Crippen LogP contribution in [-0.4, -0.2) is 60.9 Å². The van der Waals surface area contributed by atoms with Crippen LogP contribution in [0, 0.1) is 5.92 Å². The second-order valence-electron chi connectivity index (χ2n) is 4.86. The van der Waals surface area contributed by atoms with Crippen LogP contribution >= 0.6 is 11.8 Å². The molecule has 1 aromatic heterocycles. The van der Waals surface area contributed by atoms with Crippen LogP contribution in [0.2, 0.25) is 0 Å². The zero-order chi connectivity index (χ0) is 14.5. The van der Waals surface area contributed by atoms with Gasteiger partial charge in [0.1, 0.15) is 6.54 Å². The Morgan fingerprint density at radius 2 is 2.10 bits per heavy atom. The van der Waals surface area contributed by atoms with Gasteiger partial charge in [0.25, 0.3) is 0 Å². The summed E-state index contributed by atoms with van der Waals surface area (Å²) >= 11 is 1.17. The topological polar surface area (TPSA) is 101 Å². The van der Waals surface area contributed by atoms with Crippen LogP contribution in [0.25, 0.3) is 0 Å². The van der Waals surface area contributed by atoms with Crippen LogP contribution in [0.3, 0.4) is 0 Å². The summed E-state index contributed by atoms with van der Waals surface area (Å²) in [7, 11) is 0. The first kappa shape index (κ1) is 14.8. The van der Waals surface area contributed by atoms with Crippen molar-refractivity contribution in [1.29, 1.82) is 0 Å². The number of thioether (sulfide) groups is 1. The molecule has 2 rings (SSSR count). The lowest BCUT2D eigenvalue weighted by atomic mass is 9.99. The summed E-state index contributed by atoms with van der Waals surface area (Å²) in [4.78, 5) is 24.5. The molecule has 1 aliphatic rings. The highest BCUT2D eigenvalue weighted by Crippen LogP contribution is 2.19. The fourth-order valence-corrected chi connectivity index (χ4v) is 2.78. The van der Waals surface area contributed by atoms with Crippen molar-refractivity contribution in [1.82, 2.24) is 25.1 Å². The molecular formula is C11H17N5O3S. The summed E-state index contributed by atoms with van der Waals surface area (Å²) in [5.74, 6) is -0.0641. The highest BCUT2D eigenvalue weighted by Gasteiger charge is 2.21. The minimum Gasteiger partial charge on any atom is -0.480 e. The summed E-state index contributed by atoms with van der Waals surface area (Å²) < 4.78 is 1.18. The van der Waals surface area contributed by atoms with Crippen LogP contribution in [0.15, 0.2) is 5.16 Å². The summed E-state index contributed by atoms with van der Waals surface area (Å²) in [6.07, 6.45) is 2.07. The van der Waals surface area contributed by atoms with Crippen molar-refractivity contribution in [3.63, 3.8) is 0 Å². The molecule has 2 heterocycles. The predicted octanol–water partition coefficient (Wildman–Crippen LogP) is 0.108. The first-order chi connectivity index (χ1) is 9.56. The molecule has 8 nitrogen and oxygen atoms in total. The molecule has 0 radical (unpaired) electrons. The van der Waals surface area contributed by atoms with Crippen LogP contribution in [0.1, 0.15) is 19.8 Å².